The summed E-state index contributed by atoms with van der Waals surface area (Å²) >= 11 is 1.51. The molecule has 0 spiro atoms. The standard InChI is InChI=1S/C15H20NO3S.C13H13N/c1-11(17)19-14-10-16(6-4-12(14)5-7-16)9-13(18)15-3-2-8-20-15;1-14(12-8-4-2-5-9-12)13-10-6-3-7-11-13/h2-3,8,12,14H,4-7,9-10H2,1H3;2-11H,1H3/q+1;/t12?,14-,16?;/m0./s1. The Morgan fingerprint density at radius 3 is 2.03 bits per heavy atom. The normalized spacial score (nSPS) is 22.9. The van der Waals surface area contributed by atoms with Crippen LogP contribution < -0.4 is 4.90 Å². The molecular weight excluding hydrogens is 444 g/mol. The Morgan fingerprint density at radius 2 is 1.53 bits per heavy atom. The molecule has 34 heavy (non-hydrogen) atoms. The van der Waals surface area contributed by atoms with Crippen molar-refractivity contribution >= 4 is 34.5 Å². The molecule has 6 heteroatoms. The summed E-state index contributed by atoms with van der Waals surface area (Å²) in [4.78, 5) is 26.6. The molecule has 1 atom stereocenters. The van der Waals surface area contributed by atoms with Crippen LogP contribution in [0.25, 0.3) is 0 Å². The van der Waals surface area contributed by atoms with Gasteiger partial charge < -0.3 is 14.1 Å². The minimum absolute atomic E-state index is 0.00568. The van der Waals surface area contributed by atoms with E-state index in [2.05, 4.69) is 60.5 Å². The fourth-order valence-corrected chi connectivity index (χ4v) is 5.72. The van der Waals surface area contributed by atoms with E-state index in [9.17, 15) is 9.59 Å². The smallest absolute Gasteiger partial charge is 0.303 e. The van der Waals surface area contributed by atoms with Crippen LogP contribution in [0.3, 0.4) is 0 Å². The van der Waals surface area contributed by atoms with Gasteiger partial charge in [0.1, 0.15) is 13.1 Å². The molecule has 0 radical (unpaired) electrons. The van der Waals surface area contributed by atoms with E-state index in [1.807, 2.05) is 29.6 Å². The van der Waals surface area contributed by atoms with Gasteiger partial charge in [-0.3, -0.25) is 9.59 Å². The molecule has 5 nitrogen and oxygen atoms in total. The van der Waals surface area contributed by atoms with Crippen molar-refractivity contribution in [2.24, 2.45) is 5.92 Å². The number of para-hydroxylation sites is 2. The van der Waals surface area contributed by atoms with Crippen molar-refractivity contribution in [1.82, 2.24) is 0 Å². The number of fused-ring (bicyclic) bond motifs is 3. The van der Waals surface area contributed by atoms with Gasteiger partial charge in [-0.2, -0.15) is 0 Å². The van der Waals surface area contributed by atoms with Crippen LogP contribution in [0.2, 0.25) is 0 Å². The van der Waals surface area contributed by atoms with Crippen LogP contribution in [-0.4, -0.2) is 55.6 Å². The Bertz CT molecular complexity index is 1020. The van der Waals surface area contributed by atoms with E-state index in [4.69, 9.17) is 4.74 Å². The zero-order valence-corrected chi connectivity index (χ0v) is 20.7. The summed E-state index contributed by atoms with van der Waals surface area (Å²) in [6, 6.07) is 24.5. The fourth-order valence-electron chi connectivity index (χ4n) is 5.06. The molecule has 2 aromatic carbocycles. The number of ether oxygens (including phenoxy) is 1. The third kappa shape index (κ3) is 5.93. The van der Waals surface area contributed by atoms with Gasteiger partial charge in [-0.1, -0.05) is 42.5 Å². The second-order valence-corrected chi connectivity index (χ2v) is 10.2. The Labute approximate surface area is 206 Å². The minimum atomic E-state index is -0.202. The molecule has 178 valence electrons. The van der Waals surface area contributed by atoms with E-state index in [1.54, 1.807) is 0 Å². The van der Waals surface area contributed by atoms with Gasteiger partial charge in [-0.25, -0.2) is 0 Å². The zero-order valence-electron chi connectivity index (χ0n) is 19.9. The summed E-state index contributed by atoms with van der Waals surface area (Å²) in [5.41, 5.74) is 2.41. The average molecular weight is 478 g/mol. The minimum Gasteiger partial charge on any atom is -0.456 e. The maximum atomic E-state index is 12.4. The Morgan fingerprint density at radius 1 is 0.941 bits per heavy atom. The number of nitrogens with zero attached hydrogens (tertiary/aromatic N) is 2. The molecule has 3 aromatic rings. The average Bonchev–Trinajstić information content (AvgIpc) is 3.41. The van der Waals surface area contributed by atoms with E-state index in [-0.39, 0.29) is 17.9 Å². The third-order valence-electron chi connectivity index (χ3n) is 6.92. The number of benzene rings is 2. The summed E-state index contributed by atoms with van der Waals surface area (Å²) < 4.78 is 6.26. The predicted molar refractivity (Wildman–Crippen MR) is 138 cm³/mol. The Hall–Kier alpha value is -2.96. The topological polar surface area (TPSA) is 46.6 Å². The lowest BCUT2D eigenvalue weighted by Gasteiger charge is -2.51. The van der Waals surface area contributed by atoms with Crippen LogP contribution in [0.1, 0.15) is 29.4 Å². The number of piperidine rings is 3. The molecule has 3 fully saturated rings. The molecule has 3 saturated heterocycles. The fraction of sp³-hybridized carbons (Fsp3) is 0.357. The molecule has 3 aliphatic heterocycles. The van der Waals surface area contributed by atoms with E-state index in [0.717, 1.165) is 41.8 Å². The summed E-state index contributed by atoms with van der Waals surface area (Å²) in [6.45, 7) is 4.91. The zero-order chi connectivity index (χ0) is 24.0. The second-order valence-electron chi connectivity index (χ2n) is 9.25. The van der Waals surface area contributed by atoms with Crippen LogP contribution >= 0.6 is 11.3 Å². The van der Waals surface area contributed by atoms with Crippen molar-refractivity contribution in [3.63, 3.8) is 0 Å². The first kappa shape index (κ1) is 24.2. The maximum Gasteiger partial charge on any atom is 0.303 e. The number of esters is 1. The van der Waals surface area contributed by atoms with Gasteiger partial charge in [-0.05, 0) is 35.7 Å². The molecule has 3 aliphatic rings. The van der Waals surface area contributed by atoms with Gasteiger partial charge in [0.05, 0.1) is 18.0 Å². The van der Waals surface area contributed by atoms with E-state index in [0.29, 0.717) is 12.5 Å². The summed E-state index contributed by atoms with van der Waals surface area (Å²) in [6.07, 6.45) is 2.14. The molecular formula is C28H33N2O3S+. The first-order valence-corrected chi connectivity index (χ1v) is 12.8. The lowest BCUT2D eigenvalue weighted by atomic mass is 9.83. The maximum absolute atomic E-state index is 12.4. The van der Waals surface area contributed by atoms with Crippen molar-refractivity contribution in [3.8, 4) is 0 Å². The number of rotatable bonds is 6. The van der Waals surface area contributed by atoms with Gasteiger partial charge in [0.15, 0.2) is 6.10 Å². The molecule has 0 saturated carbocycles. The summed E-state index contributed by atoms with van der Waals surface area (Å²) in [5.74, 6) is 0.518. The van der Waals surface area contributed by atoms with Crippen LogP contribution in [0.4, 0.5) is 11.4 Å². The number of thiophene rings is 1. The molecule has 0 N–H and O–H groups in total. The first-order valence-electron chi connectivity index (χ1n) is 11.9. The number of Topliss-reactive ketones (excluding diaryl/α,β-unsaturated/α-hetero) is 1. The van der Waals surface area contributed by atoms with Crippen molar-refractivity contribution in [2.45, 2.75) is 25.9 Å². The van der Waals surface area contributed by atoms with Crippen molar-refractivity contribution in [1.29, 1.82) is 0 Å². The van der Waals surface area contributed by atoms with E-state index < -0.39 is 0 Å². The van der Waals surface area contributed by atoms with Crippen LogP contribution in [0, 0.1) is 5.92 Å². The monoisotopic (exact) mass is 477 g/mol. The van der Waals surface area contributed by atoms with Crippen LogP contribution in [-0.2, 0) is 9.53 Å². The molecule has 2 bridgehead atoms. The first-order chi connectivity index (χ1) is 16.5. The predicted octanol–water partition coefficient (Wildman–Crippen LogP) is 5.56. The molecule has 6 rings (SSSR count). The van der Waals surface area contributed by atoms with Gasteiger partial charge in [0, 0.05) is 44.1 Å². The molecule has 0 aliphatic carbocycles. The summed E-state index contributed by atoms with van der Waals surface area (Å²) in [7, 11) is 2.07. The second kappa shape index (κ2) is 11.0. The number of carbonyl (C=O) groups is 2. The van der Waals surface area contributed by atoms with Gasteiger partial charge >= 0.3 is 5.97 Å². The van der Waals surface area contributed by atoms with Crippen molar-refractivity contribution in [2.75, 3.05) is 38.1 Å². The Balaban J connectivity index is 0.000000172. The summed E-state index contributed by atoms with van der Waals surface area (Å²) in [5, 5.41) is 1.94. The Kier molecular flexibility index (Phi) is 7.80. The third-order valence-corrected chi connectivity index (χ3v) is 7.83. The van der Waals surface area contributed by atoms with E-state index >= 15 is 0 Å². The molecule has 0 unspecified atom stereocenters. The highest BCUT2D eigenvalue weighted by Gasteiger charge is 2.48. The van der Waals surface area contributed by atoms with E-state index in [1.165, 1.54) is 29.6 Å². The molecule has 1 aromatic heterocycles. The van der Waals surface area contributed by atoms with Crippen molar-refractivity contribution < 1.29 is 18.8 Å². The highest BCUT2D eigenvalue weighted by atomic mass is 32.1. The number of hydrogen-bond acceptors (Lipinski definition) is 5. The van der Waals surface area contributed by atoms with Gasteiger partial charge in [0.2, 0.25) is 5.78 Å². The number of ketones is 1. The quantitative estimate of drug-likeness (QED) is 0.265. The van der Waals surface area contributed by atoms with Crippen LogP contribution in [0.5, 0.6) is 0 Å². The molecule has 0 amide bonds. The SMILES string of the molecule is CC(=O)O[C@H]1C[N+]2(CC(=O)c3cccs3)CCC1CC2.CN(c1ccccc1)c1ccccc1. The highest BCUT2D eigenvalue weighted by molar-refractivity contribution is 7.12. The lowest BCUT2D eigenvalue weighted by Crippen LogP contribution is -2.65. The number of quaternary nitrogens is 1. The van der Waals surface area contributed by atoms with Gasteiger partial charge in [-0.15, -0.1) is 11.3 Å². The lowest BCUT2D eigenvalue weighted by molar-refractivity contribution is -0.938. The van der Waals surface area contributed by atoms with Gasteiger partial charge in [0.25, 0.3) is 0 Å². The largest absolute Gasteiger partial charge is 0.456 e. The number of carbonyl (C=O) groups excluding carboxylic acids is 2. The number of anilines is 2. The van der Waals surface area contributed by atoms with Crippen molar-refractivity contribution in [3.05, 3.63) is 83.1 Å². The number of hydrogen-bond donors (Lipinski definition) is 0. The van der Waals surface area contributed by atoms with Crippen LogP contribution in [0.15, 0.2) is 78.2 Å². The molecule has 4 heterocycles. The highest BCUT2D eigenvalue weighted by Crippen LogP contribution is 2.36.